The van der Waals surface area contributed by atoms with Crippen LogP contribution in [0.3, 0.4) is 0 Å². The Morgan fingerprint density at radius 2 is 1.84 bits per heavy atom. The first-order chi connectivity index (χ1) is 15.3. The molecule has 0 atom stereocenters. The van der Waals surface area contributed by atoms with Gasteiger partial charge in [0, 0.05) is 13.1 Å². The van der Waals surface area contributed by atoms with E-state index in [0.29, 0.717) is 36.3 Å². The maximum absolute atomic E-state index is 12.9. The molecule has 32 heavy (non-hydrogen) atoms. The predicted molar refractivity (Wildman–Crippen MR) is 120 cm³/mol. The molecule has 1 amide bonds. The maximum atomic E-state index is 12.9. The zero-order valence-corrected chi connectivity index (χ0v) is 18.9. The molecule has 2 aromatic carbocycles. The second kappa shape index (κ2) is 9.88. The van der Waals surface area contributed by atoms with Gasteiger partial charge in [0.15, 0.2) is 0 Å². The number of aromatic nitrogens is 3. The van der Waals surface area contributed by atoms with E-state index in [1.165, 1.54) is 22.5 Å². The highest BCUT2D eigenvalue weighted by Gasteiger charge is 2.23. The van der Waals surface area contributed by atoms with Gasteiger partial charge in [-0.1, -0.05) is 31.2 Å². The lowest BCUT2D eigenvalue weighted by Gasteiger charge is -2.20. The summed E-state index contributed by atoms with van der Waals surface area (Å²) < 4.78 is 33.5. The molecule has 3 aromatic rings. The van der Waals surface area contributed by atoms with Gasteiger partial charge < -0.3 is 10.1 Å². The minimum atomic E-state index is -3.73. The van der Waals surface area contributed by atoms with E-state index in [2.05, 4.69) is 15.6 Å². The molecule has 10 nitrogen and oxygen atoms in total. The smallest absolute Gasteiger partial charge is 0.278 e. The Balaban J connectivity index is 1.91. The molecule has 0 aliphatic carbocycles. The lowest BCUT2D eigenvalue weighted by atomic mass is 10.2. The van der Waals surface area contributed by atoms with Crippen LogP contribution in [0.15, 0.2) is 52.2 Å². The summed E-state index contributed by atoms with van der Waals surface area (Å²) in [5.41, 5.74) is 0.169. The minimum absolute atomic E-state index is 0.0302. The second-order valence-electron chi connectivity index (χ2n) is 6.80. The van der Waals surface area contributed by atoms with Gasteiger partial charge >= 0.3 is 0 Å². The van der Waals surface area contributed by atoms with Crippen LogP contribution in [0.1, 0.15) is 20.8 Å². The zero-order chi connectivity index (χ0) is 23.3. The molecular weight excluding hydrogens is 434 g/mol. The molecule has 0 saturated carbocycles. The van der Waals surface area contributed by atoms with Crippen LogP contribution in [0.4, 0.5) is 5.69 Å². The Labute approximate surface area is 185 Å². The van der Waals surface area contributed by atoms with E-state index in [1.54, 1.807) is 45.0 Å². The third-order valence-corrected chi connectivity index (χ3v) is 6.84. The van der Waals surface area contributed by atoms with Gasteiger partial charge in [0.2, 0.25) is 15.9 Å². The van der Waals surface area contributed by atoms with Crippen LogP contribution < -0.4 is 15.6 Å². The van der Waals surface area contributed by atoms with Gasteiger partial charge in [-0.3, -0.25) is 9.59 Å². The third kappa shape index (κ3) is 4.78. The summed E-state index contributed by atoms with van der Waals surface area (Å²) in [5.74, 6) is -0.258. The lowest BCUT2D eigenvalue weighted by molar-refractivity contribution is -0.117. The number of ether oxygens (including phenoxy) is 1. The van der Waals surface area contributed by atoms with Gasteiger partial charge in [-0.2, -0.15) is 4.31 Å². The fraction of sp³-hybridized carbons (Fsp3) is 0.333. The molecule has 0 saturated heterocycles. The summed E-state index contributed by atoms with van der Waals surface area (Å²) in [4.78, 5) is 25.3. The minimum Gasteiger partial charge on any atom is -0.492 e. The lowest BCUT2D eigenvalue weighted by Crippen LogP contribution is -2.31. The van der Waals surface area contributed by atoms with Gasteiger partial charge in [-0.05, 0) is 37.3 Å². The zero-order valence-electron chi connectivity index (χ0n) is 18.1. The molecular formula is C21H25N5O5S. The van der Waals surface area contributed by atoms with E-state index in [0.717, 1.165) is 4.68 Å². The van der Waals surface area contributed by atoms with Crippen molar-refractivity contribution in [3.8, 4) is 5.75 Å². The molecule has 1 N–H and O–H groups in total. The van der Waals surface area contributed by atoms with E-state index < -0.39 is 28.0 Å². The number of nitrogens with zero attached hydrogens (tertiary/aromatic N) is 4. The highest BCUT2D eigenvalue weighted by atomic mass is 32.2. The molecule has 0 bridgehead atoms. The highest BCUT2D eigenvalue weighted by molar-refractivity contribution is 7.89. The molecule has 170 valence electrons. The summed E-state index contributed by atoms with van der Waals surface area (Å²) in [6, 6.07) is 11.0. The van der Waals surface area contributed by atoms with Gasteiger partial charge in [0.25, 0.3) is 5.56 Å². The Hall–Kier alpha value is -3.31. The van der Waals surface area contributed by atoms with Gasteiger partial charge in [0.1, 0.15) is 17.8 Å². The quantitative estimate of drug-likeness (QED) is 0.518. The number of carbonyl (C=O) groups excluding carboxylic acids is 1. The molecule has 3 rings (SSSR count). The first kappa shape index (κ1) is 23.4. The number of fused-ring (bicyclic) bond motifs is 1. The fourth-order valence-corrected chi connectivity index (χ4v) is 4.70. The third-order valence-electron chi connectivity index (χ3n) is 4.79. The SMILES string of the molecule is CCOc1ccc(S(=O)(=O)N(CC)CC)cc1NC(=O)Cn1nnc2ccccc2c1=O. The Bertz CT molecular complexity index is 1290. The van der Waals surface area contributed by atoms with Crippen LogP contribution in [0, 0.1) is 0 Å². The van der Waals surface area contributed by atoms with Crippen molar-refractivity contribution in [2.45, 2.75) is 32.2 Å². The molecule has 1 heterocycles. The van der Waals surface area contributed by atoms with E-state index in [9.17, 15) is 18.0 Å². The van der Waals surface area contributed by atoms with Crippen LogP contribution >= 0.6 is 0 Å². The van der Waals surface area contributed by atoms with Crippen molar-refractivity contribution in [3.63, 3.8) is 0 Å². The van der Waals surface area contributed by atoms with Crippen LogP contribution in [0.2, 0.25) is 0 Å². The average molecular weight is 460 g/mol. The Morgan fingerprint density at radius 3 is 2.53 bits per heavy atom. The number of sulfonamides is 1. The summed E-state index contributed by atoms with van der Waals surface area (Å²) >= 11 is 0. The number of hydrogen-bond donors (Lipinski definition) is 1. The number of hydrogen-bond acceptors (Lipinski definition) is 7. The number of amides is 1. The molecule has 0 unspecified atom stereocenters. The molecule has 0 fully saturated rings. The number of anilines is 1. The molecule has 11 heteroatoms. The van der Waals surface area contributed by atoms with Gasteiger partial charge in [0.05, 0.1) is 22.6 Å². The van der Waals surface area contributed by atoms with Crippen molar-refractivity contribution in [2.24, 2.45) is 0 Å². The van der Waals surface area contributed by atoms with Crippen molar-refractivity contribution in [3.05, 3.63) is 52.8 Å². The van der Waals surface area contributed by atoms with Crippen molar-refractivity contribution in [2.75, 3.05) is 25.0 Å². The molecule has 0 aliphatic rings. The van der Waals surface area contributed by atoms with E-state index in [1.807, 2.05) is 0 Å². The second-order valence-corrected chi connectivity index (χ2v) is 8.74. The summed E-state index contributed by atoms with van der Waals surface area (Å²) in [5, 5.41) is 10.7. The number of carbonyl (C=O) groups is 1. The van der Waals surface area contributed by atoms with E-state index in [4.69, 9.17) is 4.74 Å². The predicted octanol–water partition coefficient (Wildman–Crippen LogP) is 1.86. The topological polar surface area (TPSA) is 123 Å². The first-order valence-corrected chi connectivity index (χ1v) is 11.6. The largest absolute Gasteiger partial charge is 0.492 e. The van der Waals surface area contributed by atoms with Crippen molar-refractivity contribution >= 4 is 32.5 Å². The standard InChI is InChI=1S/C21H25N5O5S/c1-4-25(5-2)32(29,30)15-11-12-19(31-6-3)18(13-15)22-20(27)14-26-21(28)16-9-7-8-10-17(16)23-24-26/h7-13H,4-6,14H2,1-3H3,(H,22,27). The molecule has 0 aliphatic heterocycles. The van der Waals surface area contributed by atoms with E-state index in [-0.39, 0.29) is 10.6 Å². The monoisotopic (exact) mass is 459 g/mol. The summed E-state index contributed by atoms with van der Waals surface area (Å²) in [6.07, 6.45) is 0. The normalized spacial score (nSPS) is 11.6. The van der Waals surface area contributed by atoms with Crippen LogP contribution in [0.25, 0.3) is 10.9 Å². The number of nitrogens with one attached hydrogen (secondary N) is 1. The highest BCUT2D eigenvalue weighted by Crippen LogP contribution is 2.29. The first-order valence-electron chi connectivity index (χ1n) is 10.2. The average Bonchev–Trinajstić information content (AvgIpc) is 2.78. The molecule has 0 radical (unpaired) electrons. The van der Waals surface area contributed by atoms with Crippen molar-refractivity contribution in [1.82, 2.24) is 19.3 Å². The van der Waals surface area contributed by atoms with Crippen molar-refractivity contribution in [1.29, 1.82) is 0 Å². The fourth-order valence-electron chi connectivity index (χ4n) is 3.21. The Kier molecular flexibility index (Phi) is 7.21. The van der Waals surface area contributed by atoms with Crippen LogP contribution in [-0.2, 0) is 21.4 Å². The van der Waals surface area contributed by atoms with Crippen LogP contribution in [-0.4, -0.2) is 53.3 Å². The maximum Gasteiger partial charge on any atom is 0.278 e. The van der Waals surface area contributed by atoms with Gasteiger partial charge in [-0.25, -0.2) is 13.1 Å². The molecule has 1 aromatic heterocycles. The van der Waals surface area contributed by atoms with Gasteiger partial charge in [-0.15, -0.1) is 5.10 Å². The number of benzene rings is 2. The van der Waals surface area contributed by atoms with E-state index >= 15 is 0 Å². The summed E-state index contributed by atoms with van der Waals surface area (Å²) in [7, 11) is -3.73. The number of rotatable bonds is 9. The van der Waals surface area contributed by atoms with Crippen LogP contribution in [0.5, 0.6) is 5.75 Å². The van der Waals surface area contributed by atoms with Crippen molar-refractivity contribution < 1.29 is 17.9 Å². The Morgan fingerprint density at radius 1 is 1.12 bits per heavy atom. The summed E-state index contributed by atoms with van der Waals surface area (Å²) in [6.45, 7) is 5.84. The molecule has 0 spiro atoms.